The van der Waals surface area contributed by atoms with Crippen LogP contribution in [0.4, 0.5) is 4.39 Å². The fourth-order valence-electron chi connectivity index (χ4n) is 1.93. The van der Waals surface area contributed by atoms with Crippen molar-refractivity contribution in [1.82, 2.24) is 9.62 Å². The first-order valence-electron chi connectivity index (χ1n) is 6.94. The van der Waals surface area contributed by atoms with Crippen LogP contribution in [-0.2, 0) is 19.6 Å². The zero-order chi connectivity index (χ0) is 18.5. The minimum atomic E-state index is -4.43. The molecule has 1 rings (SSSR count). The molecule has 0 aliphatic carbocycles. The molecule has 0 aliphatic rings. The van der Waals surface area contributed by atoms with Gasteiger partial charge in [0.25, 0.3) is 0 Å². The van der Waals surface area contributed by atoms with E-state index in [1.807, 2.05) is 0 Å². The van der Waals surface area contributed by atoms with E-state index >= 15 is 0 Å². The third-order valence-corrected chi connectivity index (χ3v) is 5.22. The molecule has 0 bridgehead atoms. The maximum atomic E-state index is 14.1. The molecule has 1 atom stereocenters. The number of carboxylic acids is 1. The Kier molecular flexibility index (Phi) is 6.67. The zero-order valence-corrected chi connectivity index (χ0v) is 14.3. The fraction of sp³-hybridized carbons (Fsp3) is 0.429. The largest absolute Gasteiger partial charge is 0.497 e. The van der Waals surface area contributed by atoms with E-state index in [1.165, 1.54) is 20.1 Å². The summed E-state index contributed by atoms with van der Waals surface area (Å²) >= 11 is 0. The summed E-state index contributed by atoms with van der Waals surface area (Å²) in [5.41, 5.74) is 0. The number of sulfonamides is 1. The molecule has 0 saturated heterocycles. The van der Waals surface area contributed by atoms with Gasteiger partial charge in [-0.3, -0.25) is 9.59 Å². The Bertz CT molecular complexity index is 722. The normalized spacial score (nSPS) is 12.7. The van der Waals surface area contributed by atoms with E-state index in [9.17, 15) is 22.4 Å². The highest BCUT2D eigenvalue weighted by atomic mass is 32.2. The second kappa shape index (κ2) is 8.06. The predicted molar refractivity (Wildman–Crippen MR) is 82.6 cm³/mol. The van der Waals surface area contributed by atoms with Crippen LogP contribution in [0.3, 0.4) is 0 Å². The van der Waals surface area contributed by atoms with Crippen molar-refractivity contribution < 1.29 is 32.2 Å². The lowest BCUT2D eigenvalue weighted by molar-refractivity contribution is -0.140. The van der Waals surface area contributed by atoms with Crippen LogP contribution in [0, 0.1) is 5.82 Å². The molecule has 0 spiro atoms. The third kappa shape index (κ3) is 4.65. The van der Waals surface area contributed by atoms with Crippen molar-refractivity contribution in [2.45, 2.75) is 24.8 Å². The van der Waals surface area contributed by atoms with Gasteiger partial charge < -0.3 is 15.2 Å². The van der Waals surface area contributed by atoms with Gasteiger partial charge in [-0.25, -0.2) is 12.8 Å². The number of ether oxygens (including phenoxy) is 1. The summed E-state index contributed by atoms with van der Waals surface area (Å²) in [6, 6.07) is 1.71. The van der Waals surface area contributed by atoms with Gasteiger partial charge in [-0.05, 0) is 19.1 Å². The van der Waals surface area contributed by atoms with E-state index in [0.717, 1.165) is 19.1 Å². The van der Waals surface area contributed by atoms with E-state index in [2.05, 4.69) is 5.32 Å². The number of methoxy groups -OCH3 is 1. The maximum Gasteiger partial charge on any atom is 0.321 e. The number of hydrogen-bond acceptors (Lipinski definition) is 5. The number of nitrogens with zero attached hydrogens (tertiary/aromatic N) is 1. The number of rotatable bonds is 8. The smallest absolute Gasteiger partial charge is 0.321 e. The van der Waals surface area contributed by atoms with Crippen LogP contribution in [-0.4, -0.2) is 55.9 Å². The molecule has 0 aromatic heterocycles. The molecular formula is C14H19FN2O6S. The van der Waals surface area contributed by atoms with Crippen molar-refractivity contribution in [3.8, 4) is 5.75 Å². The van der Waals surface area contributed by atoms with E-state index in [-0.39, 0.29) is 18.8 Å². The Labute approximate surface area is 139 Å². The van der Waals surface area contributed by atoms with Crippen LogP contribution < -0.4 is 10.1 Å². The fourth-order valence-corrected chi connectivity index (χ4v) is 3.57. The van der Waals surface area contributed by atoms with Gasteiger partial charge >= 0.3 is 5.97 Å². The summed E-state index contributed by atoms with van der Waals surface area (Å²) in [6.07, 6.45) is 0. The lowest BCUT2D eigenvalue weighted by Crippen LogP contribution is -2.46. The molecule has 0 aliphatic heterocycles. The summed E-state index contributed by atoms with van der Waals surface area (Å²) in [5, 5.41) is 11.5. The van der Waals surface area contributed by atoms with Gasteiger partial charge in [0.05, 0.1) is 7.11 Å². The van der Waals surface area contributed by atoms with Crippen molar-refractivity contribution >= 4 is 21.9 Å². The quantitative estimate of drug-likeness (QED) is 0.694. The van der Waals surface area contributed by atoms with E-state index in [0.29, 0.717) is 4.31 Å². The monoisotopic (exact) mass is 362 g/mol. The van der Waals surface area contributed by atoms with Crippen LogP contribution in [0.5, 0.6) is 5.75 Å². The van der Waals surface area contributed by atoms with Gasteiger partial charge in [-0.1, -0.05) is 0 Å². The summed E-state index contributed by atoms with van der Waals surface area (Å²) < 4.78 is 44.8. The number of amides is 1. The summed E-state index contributed by atoms with van der Waals surface area (Å²) in [6.45, 7) is 1.97. The Morgan fingerprint density at radius 1 is 1.42 bits per heavy atom. The minimum absolute atomic E-state index is 0.107. The average Bonchev–Trinajstić information content (AvgIpc) is 2.49. The summed E-state index contributed by atoms with van der Waals surface area (Å²) in [4.78, 5) is 21.4. The molecule has 0 saturated carbocycles. The highest BCUT2D eigenvalue weighted by Crippen LogP contribution is 2.24. The van der Waals surface area contributed by atoms with Crippen molar-refractivity contribution in [3.05, 3.63) is 24.0 Å². The van der Waals surface area contributed by atoms with E-state index in [1.54, 1.807) is 0 Å². The number of benzene rings is 1. The molecular weight excluding hydrogens is 343 g/mol. The molecule has 8 nitrogen and oxygen atoms in total. The summed E-state index contributed by atoms with van der Waals surface area (Å²) in [5.74, 6) is -2.72. The Morgan fingerprint density at radius 2 is 2.04 bits per heavy atom. The lowest BCUT2D eigenvalue weighted by Gasteiger charge is -2.26. The van der Waals surface area contributed by atoms with Gasteiger partial charge in [0.2, 0.25) is 15.9 Å². The van der Waals surface area contributed by atoms with Crippen LogP contribution in [0.1, 0.15) is 13.8 Å². The highest BCUT2D eigenvalue weighted by molar-refractivity contribution is 7.89. The molecule has 1 unspecified atom stereocenters. The van der Waals surface area contributed by atoms with Gasteiger partial charge in [-0.2, -0.15) is 4.31 Å². The second-order valence-electron chi connectivity index (χ2n) is 4.91. The molecule has 134 valence electrons. The molecule has 10 heteroatoms. The zero-order valence-electron chi connectivity index (χ0n) is 13.4. The van der Waals surface area contributed by atoms with Crippen LogP contribution in [0.15, 0.2) is 23.1 Å². The first kappa shape index (κ1) is 19.8. The molecule has 1 amide bonds. The van der Waals surface area contributed by atoms with Gasteiger partial charge in [0.1, 0.15) is 22.5 Å². The first-order valence-corrected chi connectivity index (χ1v) is 8.38. The van der Waals surface area contributed by atoms with Crippen LogP contribution in [0.25, 0.3) is 0 Å². The number of carbonyl (C=O) groups excluding carboxylic acids is 1. The Morgan fingerprint density at radius 3 is 2.50 bits per heavy atom. The van der Waals surface area contributed by atoms with Crippen molar-refractivity contribution in [2.24, 2.45) is 0 Å². The first-order chi connectivity index (χ1) is 11.1. The van der Waals surface area contributed by atoms with Gasteiger partial charge in [0, 0.05) is 26.1 Å². The molecule has 0 fully saturated rings. The van der Waals surface area contributed by atoms with Crippen molar-refractivity contribution in [3.63, 3.8) is 0 Å². The summed E-state index contributed by atoms with van der Waals surface area (Å²) in [7, 11) is -3.13. The molecule has 1 aromatic carbocycles. The second-order valence-corrected chi connectivity index (χ2v) is 6.77. The van der Waals surface area contributed by atoms with E-state index < -0.39 is 38.7 Å². The molecule has 0 radical (unpaired) electrons. The Hall–Kier alpha value is -2.20. The SMILES string of the molecule is COc1ccc(S(=O)(=O)N(CCNC(C)=O)C(C)C(=O)O)c(F)c1. The van der Waals surface area contributed by atoms with E-state index in [4.69, 9.17) is 9.84 Å². The predicted octanol–water partition coefficient (Wildman–Crippen LogP) is 0.434. The van der Waals surface area contributed by atoms with Crippen molar-refractivity contribution in [2.75, 3.05) is 20.2 Å². The van der Waals surface area contributed by atoms with Crippen LogP contribution in [0.2, 0.25) is 0 Å². The molecule has 24 heavy (non-hydrogen) atoms. The topological polar surface area (TPSA) is 113 Å². The number of carbonyl (C=O) groups is 2. The number of aliphatic carboxylic acids is 1. The number of halogens is 1. The third-order valence-electron chi connectivity index (χ3n) is 3.22. The number of carboxylic acid groups (broad SMARTS) is 1. The average molecular weight is 362 g/mol. The highest BCUT2D eigenvalue weighted by Gasteiger charge is 2.34. The Balaban J connectivity index is 3.23. The standard InChI is InChI=1S/C14H19FN2O6S/c1-9(14(19)20)17(7-6-16-10(2)18)24(21,22)13-5-4-11(23-3)8-12(13)15/h4-5,8-9H,6-7H2,1-3H3,(H,16,18)(H,19,20). The van der Waals surface area contributed by atoms with Gasteiger partial charge in [0.15, 0.2) is 0 Å². The minimum Gasteiger partial charge on any atom is -0.497 e. The maximum absolute atomic E-state index is 14.1. The number of nitrogens with one attached hydrogen (secondary N) is 1. The molecule has 0 heterocycles. The van der Waals surface area contributed by atoms with Crippen LogP contribution >= 0.6 is 0 Å². The number of hydrogen-bond donors (Lipinski definition) is 2. The lowest BCUT2D eigenvalue weighted by atomic mass is 10.3. The molecule has 1 aromatic rings. The molecule has 2 N–H and O–H groups in total. The van der Waals surface area contributed by atoms with Gasteiger partial charge in [-0.15, -0.1) is 0 Å². The van der Waals surface area contributed by atoms with Crippen molar-refractivity contribution in [1.29, 1.82) is 0 Å².